The predicted molar refractivity (Wildman–Crippen MR) is 93.7 cm³/mol. The number of carbonyl (C=O) groups excluding carboxylic acids is 1. The molecular formula is C18H13BrN2O3. The molecule has 5 nitrogen and oxygen atoms in total. The normalized spacial score (nSPS) is 12.6. The second-order valence-corrected chi connectivity index (χ2v) is 6.02. The van der Waals surface area contributed by atoms with Crippen molar-refractivity contribution in [3.63, 3.8) is 0 Å². The first-order valence-electron chi connectivity index (χ1n) is 7.16. The zero-order chi connectivity index (χ0) is 17.1. The molecule has 1 aliphatic heterocycles. The maximum atomic E-state index is 12.4. The first-order chi connectivity index (χ1) is 11.6. The molecule has 6 heteroatoms. The molecule has 120 valence electrons. The van der Waals surface area contributed by atoms with Crippen molar-refractivity contribution >= 4 is 33.6 Å². The lowest BCUT2D eigenvalue weighted by molar-refractivity contribution is -0.112. The average Bonchev–Trinajstić information content (AvgIpc) is 3.01. The number of aryl methyl sites for hydroxylation is 1. The highest BCUT2D eigenvalue weighted by molar-refractivity contribution is 9.10. The van der Waals surface area contributed by atoms with Crippen molar-refractivity contribution < 1.29 is 14.3 Å². The molecule has 1 aliphatic rings. The summed E-state index contributed by atoms with van der Waals surface area (Å²) in [5, 5.41) is 12.1. The topological polar surface area (TPSA) is 71.4 Å². The minimum atomic E-state index is -0.462. The highest BCUT2D eigenvalue weighted by Crippen LogP contribution is 2.37. The third-order valence-electron chi connectivity index (χ3n) is 3.55. The minimum absolute atomic E-state index is 0.00202. The summed E-state index contributed by atoms with van der Waals surface area (Å²) in [5.74, 6) is 0.749. The molecule has 1 heterocycles. The zero-order valence-corrected chi connectivity index (χ0v) is 14.4. The van der Waals surface area contributed by atoms with E-state index in [4.69, 9.17) is 9.47 Å². The lowest BCUT2D eigenvalue weighted by Gasteiger charge is -2.08. The largest absolute Gasteiger partial charge is 0.454 e. The van der Waals surface area contributed by atoms with Gasteiger partial charge in [0.1, 0.15) is 11.6 Å². The summed E-state index contributed by atoms with van der Waals surface area (Å²) in [5.41, 5.74) is 2.26. The standard InChI is InChI=1S/C18H13BrN2O3/c1-11-4-2-3-5-15(11)21-18(22)13(9-20)6-12-7-16-17(8-14(12)19)24-10-23-16/h2-8H,10H2,1H3,(H,21,22)/b13-6+. The van der Waals surface area contributed by atoms with E-state index in [1.54, 1.807) is 18.2 Å². The molecule has 1 amide bonds. The molecule has 0 aliphatic carbocycles. The third-order valence-corrected chi connectivity index (χ3v) is 4.24. The minimum Gasteiger partial charge on any atom is -0.454 e. The Morgan fingerprint density at radius 3 is 2.71 bits per heavy atom. The highest BCUT2D eigenvalue weighted by Gasteiger charge is 2.17. The number of halogens is 1. The Balaban J connectivity index is 1.89. The number of para-hydroxylation sites is 1. The van der Waals surface area contributed by atoms with Gasteiger partial charge in [-0.25, -0.2) is 0 Å². The summed E-state index contributed by atoms with van der Waals surface area (Å²) in [4.78, 5) is 12.4. The van der Waals surface area contributed by atoms with Crippen LogP contribution in [-0.4, -0.2) is 12.7 Å². The fourth-order valence-electron chi connectivity index (χ4n) is 2.25. The number of hydrogen-bond acceptors (Lipinski definition) is 4. The Bertz CT molecular complexity index is 884. The van der Waals surface area contributed by atoms with Crippen molar-refractivity contribution in [2.45, 2.75) is 6.92 Å². The number of ether oxygens (including phenoxy) is 2. The van der Waals surface area contributed by atoms with Crippen LogP contribution in [0.15, 0.2) is 46.4 Å². The summed E-state index contributed by atoms with van der Waals surface area (Å²) in [6, 6.07) is 12.8. The van der Waals surface area contributed by atoms with E-state index < -0.39 is 5.91 Å². The van der Waals surface area contributed by atoms with Crippen molar-refractivity contribution in [3.05, 3.63) is 57.6 Å². The molecule has 0 unspecified atom stereocenters. The van der Waals surface area contributed by atoms with Crippen LogP contribution < -0.4 is 14.8 Å². The summed E-state index contributed by atoms with van der Waals surface area (Å²) in [7, 11) is 0. The fourth-order valence-corrected chi connectivity index (χ4v) is 2.69. The van der Waals surface area contributed by atoms with Crippen LogP contribution in [0.2, 0.25) is 0 Å². The molecule has 1 N–H and O–H groups in total. The summed E-state index contributed by atoms with van der Waals surface area (Å²) < 4.78 is 11.3. The Labute approximate surface area is 147 Å². The summed E-state index contributed by atoms with van der Waals surface area (Å²) in [6.45, 7) is 2.05. The van der Waals surface area contributed by atoms with Gasteiger partial charge in [0, 0.05) is 10.2 Å². The van der Waals surface area contributed by atoms with Crippen LogP contribution in [0.5, 0.6) is 11.5 Å². The Hall–Kier alpha value is -2.78. The van der Waals surface area contributed by atoms with E-state index in [1.165, 1.54) is 6.08 Å². The first kappa shape index (κ1) is 16.1. The van der Waals surface area contributed by atoms with Crippen molar-refractivity contribution in [1.82, 2.24) is 0 Å². The first-order valence-corrected chi connectivity index (χ1v) is 7.95. The Morgan fingerprint density at radius 2 is 2.00 bits per heavy atom. The number of carbonyl (C=O) groups is 1. The van der Waals surface area contributed by atoms with Crippen molar-refractivity contribution in [2.75, 3.05) is 12.1 Å². The lowest BCUT2D eigenvalue weighted by atomic mass is 10.1. The summed E-state index contributed by atoms with van der Waals surface area (Å²) >= 11 is 3.41. The number of nitriles is 1. The molecule has 2 aromatic rings. The highest BCUT2D eigenvalue weighted by atomic mass is 79.9. The monoisotopic (exact) mass is 384 g/mol. The molecule has 0 atom stereocenters. The van der Waals surface area contributed by atoms with E-state index in [-0.39, 0.29) is 12.4 Å². The molecule has 0 fully saturated rings. The number of nitrogens with one attached hydrogen (secondary N) is 1. The Morgan fingerprint density at radius 1 is 1.29 bits per heavy atom. The molecule has 0 spiro atoms. The molecule has 0 bridgehead atoms. The van der Waals surface area contributed by atoms with Gasteiger partial charge in [0.2, 0.25) is 6.79 Å². The summed E-state index contributed by atoms with van der Waals surface area (Å²) in [6.07, 6.45) is 1.51. The Kier molecular flexibility index (Phi) is 4.54. The van der Waals surface area contributed by atoms with Crippen LogP contribution in [0.25, 0.3) is 6.08 Å². The molecule has 0 radical (unpaired) electrons. The van der Waals surface area contributed by atoms with Crippen LogP contribution in [0.3, 0.4) is 0 Å². The number of fused-ring (bicyclic) bond motifs is 1. The number of nitrogens with zero attached hydrogens (tertiary/aromatic N) is 1. The zero-order valence-electron chi connectivity index (χ0n) is 12.8. The average molecular weight is 385 g/mol. The van der Waals surface area contributed by atoms with Gasteiger partial charge in [-0.15, -0.1) is 0 Å². The predicted octanol–water partition coefficient (Wildman–Crippen LogP) is 4.03. The van der Waals surface area contributed by atoms with E-state index in [1.807, 2.05) is 31.2 Å². The van der Waals surface area contributed by atoms with Gasteiger partial charge in [-0.05, 0) is 42.3 Å². The van der Waals surface area contributed by atoms with Crippen molar-refractivity contribution in [1.29, 1.82) is 5.26 Å². The molecule has 0 saturated heterocycles. The van der Waals surface area contributed by atoms with Gasteiger partial charge in [0.15, 0.2) is 11.5 Å². The van der Waals surface area contributed by atoms with Gasteiger partial charge in [-0.2, -0.15) is 5.26 Å². The molecule has 24 heavy (non-hydrogen) atoms. The SMILES string of the molecule is Cc1ccccc1NC(=O)/C(C#N)=C/c1cc2c(cc1Br)OCO2. The van der Waals surface area contributed by atoms with Crippen LogP contribution in [0, 0.1) is 18.3 Å². The van der Waals surface area contributed by atoms with Crippen LogP contribution in [0.4, 0.5) is 5.69 Å². The van der Waals surface area contributed by atoms with Gasteiger partial charge in [0.05, 0.1) is 0 Å². The van der Waals surface area contributed by atoms with Crippen LogP contribution in [-0.2, 0) is 4.79 Å². The van der Waals surface area contributed by atoms with E-state index in [2.05, 4.69) is 21.2 Å². The second-order valence-electron chi connectivity index (χ2n) is 5.17. The molecule has 3 rings (SSSR count). The number of rotatable bonds is 3. The quantitative estimate of drug-likeness (QED) is 0.640. The number of hydrogen-bond donors (Lipinski definition) is 1. The van der Waals surface area contributed by atoms with E-state index >= 15 is 0 Å². The second kappa shape index (κ2) is 6.77. The van der Waals surface area contributed by atoms with Gasteiger partial charge in [0.25, 0.3) is 5.91 Å². The molecule has 2 aromatic carbocycles. The number of anilines is 1. The molecule has 0 aromatic heterocycles. The third kappa shape index (κ3) is 3.26. The lowest BCUT2D eigenvalue weighted by Crippen LogP contribution is -2.14. The van der Waals surface area contributed by atoms with Gasteiger partial charge in [-0.1, -0.05) is 34.1 Å². The van der Waals surface area contributed by atoms with Crippen LogP contribution in [0.1, 0.15) is 11.1 Å². The van der Waals surface area contributed by atoms with Gasteiger partial charge < -0.3 is 14.8 Å². The molecular weight excluding hydrogens is 372 g/mol. The van der Waals surface area contributed by atoms with Gasteiger partial charge >= 0.3 is 0 Å². The van der Waals surface area contributed by atoms with Crippen molar-refractivity contribution in [3.8, 4) is 17.6 Å². The maximum Gasteiger partial charge on any atom is 0.266 e. The van der Waals surface area contributed by atoms with E-state index in [9.17, 15) is 10.1 Å². The number of benzene rings is 2. The van der Waals surface area contributed by atoms with Gasteiger partial charge in [-0.3, -0.25) is 4.79 Å². The van der Waals surface area contributed by atoms with Crippen molar-refractivity contribution in [2.24, 2.45) is 0 Å². The van der Waals surface area contributed by atoms with Crippen LogP contribution >= 0.6 is 15.9 Å². The number of amides is 1. The maximum absolute atomic E-state index is 12.4. The smallest absolute Gasteiger partial charge is 0.266 e. The molecule has 0 saturated carbocycles. The van der Waals surface area contributed by atoms with E-state index in [0.717, 1.165) is 5.56 Å². The van der Waals surface area contributed by atoms with E-state index in [0.29, 0.717) is 27.2 Å². The fraction of sp³-hybridized carbons (Fsp3) is 0.111.